The summed E-state index contributed by atoms with van der Waals surface area (Å²) in [5.41, 5.74) is 0.985. The minimum atomic E-state index is -4.23. The number of thioether (sulfide) groups is 1. The zero-order valence-electron chi connectivity index (χ0n) is 19.8. The SMILES string of the molecule is CCCCCCCCCCCCN1CCN(c2cc(SCC(F)(F)F)c(C)cc2F)CC1. The van der Waals surface area contributed by atoms with Gasteiger partial charge in [0.05, 0.1) is 11.4 Å². The summed E-state index contributed by atoms with van der Waals surface area (Å²) in [6, 6.07) is 2.96. The van der Waals surface area contributed by atoms with Crippen molar-refractivity contribution in [2.75, 3.05) is 43.4 Å². The largest absolute Gasteiger partial charge is 0.398 e. The Balaban J connectivity index is 1.67. The summed E-state index contributed by atoms with van der Waals surface area (Å²) in [7, 11) is 0. The molecule has 0 N–H and O–H groups in total. The molecule has 184 valence electrons. The number of piperazine rings is 1. The number of anilines is 1. The van der Waals surface area contributed by atoms with Gasteiger partial charge in [-0.25, -0.2) is 4.39 Å². The predicted octanol–water partition coefficient (Wildman–Crippen LogP) is 7.83. The normalized spacial score (nSPS) is 15.5. The van der Waals surface area contributed by atoms with Gasteiger partial charge in [0, 0.05) is 31.1 Å². The van der Waals surface area contributed by atoms with Crippen LogP contribution in [0, 0.1) is 12.7 Å². The molecule has 0 aromatic heterocycles. The second-order valence-electron chi connectivity index (χ2n) is 8.98. The zero-order chi connectivity index (χ0) is 23.4. The third kappa shape index (κ3) is 10.3. The van der Waals surface area contributed by atoms with Crippen LogP contribution in [0.15, 0.2) is 17.0 Å². The predicted molar refractivity (Wildman–Crippen MR) is 128 cm³/mol. The minimum Gasteiger partial charge on any atom is -0.367 e. The van der Waals surface area contributed by atoms with Crippen LogP contribution >= 0.6 is 11.8 Å². The lowest BCUT2D eigenvalue weighted by Crippen LogP contribution is -2.46. The van der Waals surface area contributed by atoms with Crippen molar-refractivity contribution in [1.82, 2.24) is 4.90 Å². The van der Waals surface area contributed by atoms with Crippen molar-refractivity contribution in [3.8, 4) is 0 Å². The first-order valence-corrected chi connectivity index (χ1v) is 13.3. The minimum absolute atomic E-state index is 0.345. The Bertz CT molecular complexity index is 658. The summed E-state index contributed by atoms with van der Waals surface area (Å²) >= 11 is 0.736. The van der Waals surface area contributed by atoms with Gasteiger partial charge in [-0.05, 0) is 37.6 Å². The molecule has 1 aromatic rings. The molecule has 1 saturated heterocycles. The van der Waals surface area contributed by atoms with Gasteiger partial charge in [0.25, 0.3) is 0 Å². The van der Waals surface area contributed by atoms with Crippen LogP contribution in [0.25, 0.3) is 0 Å². The van der Waals surface area contributed by atoms with E-state index in [2.05, 4.69) is 11.8 Å². The van der Waals surface area contributed by atoms with Gasteiger partial charge in [0.15, 0.2) is 0 Å². The van der Waals surface area contributed by atoms with Crippen molar-refractivity contribution < 1.29 is 17.6 Å². The highest BCUT2D eigenvalue weighted by Crippen LogP contribution is 2.34. The number of benzene rings is 1. The fraction of sp³-hybridized carbons (Fsp3) is 0.760. The number of hydrogen-bond acceptors (Lipinski definition) is 3. The second kappa shape index (κ2) is 14.3. The molecule has 0 unspecified atom stereocenters. The number of unbranched alkanes of at least 4 members (excludes halogenated alkanes) is 9. The van der Waals surface area contributed by atoms with Gasteiger partial charge >= 0.3 is 6.18 Å². The van der Waals surface area contributed by atoms with Gasteiger partial charge in [-0.15, -0.1) is 11.8 Å². The van der Waals surface area contributed by atoms with E-state index in [4.69, 9.17) is 0 Å². The summed E-state index contributed by atoms with van der Waals surface area (Å²) in [4.78, 5) is 4.90. The molecule has 0 radical (unpaired) electrons. The van der Waals surface area contributed by atoms with Crippen molar-refractivity contribution in [1.29, 1.82) is 0 Å². The Morgan fingerprint density at radius 3 is 1.97 bits per heavy atom. The molecular weight excluding hydrogens is 436 g/mol. The van der Waals surface area contributed by atoms with Crippen LogP contribution in [-0.4, -0.2) is 49.6 Å². The van der Waals surface area contributed by atoms with Crippen LogP contribution in [0.5, 0.6) is 0 Å². The first-order chi connectivity index (χ1) is 15.3. The fourth-order valence-electron chi connectivity index (χ4n) is 4.23. The molecule has 7 heteroatoms. The summed E-state index contributed by atoms with van der Waals surface area (Å²) in [5.74, 6) is -1.30. The Morgan fingerprint density at radius 2 is 1.41 bits per heavy atom. The van der Waals surface area contributed by atoms with E-state index >= 15 is 0 Å². The monoisotopic (exact) mass is 476 g/mol. The summed E-state index contributed by atoms with van der Waals surface area (Å²) in [6.07, 6.45) is 9.02. The maximum absolute atomic E-state index is 14.5. The van der Waals surface area contributed by atoms with E-state index in [9.17, 15) is 17.6 Å². The lowest BCUT2D eigenvalue weighted by atomic mass is 10.1. The van der Waals surface area contributed by atoms with E-state index in [1.54, 1.807) is 13.0 Å². The van der Waals surface area contributed by atoms with Crippen molar-refractivity contribution in [2.24, 2.45) is 0 Å². The molecule has 1 heterocycles. The Morgan fingerprint density at radius 1 is 0.844 bits per heavy atom. The number of halogens is 4. The lowest BCUT2D eigenvalue weighted by Gasteiger charge is -2.36. The highest BCUT2D eigenvalue weighted by atomic mass is 32.2. The maximum atomic E-state index is 14.5. The molecule has 0 bridgehead atoms. The van der Waals surface area contributed by atoms with E-state index in [1.807, 2.05) is 4.90 Å². The molecule has 0 spiro atoms. The molecular formula is C25H40F4N2S. The third-order valence-electron chi connectivity index (χ3n) is 6.18. The summed E-state index contributed by atoms with van der Waals surface area (Å²) in [5, 5.41) is 0. The standard InChI is InChI=1S/C25H40F4N2S/c1-3-4-5-6-7-8-9-10-11-12-13-30-14-16-31(17-15-30)23-19-24(21(2)18-22(23)26)32-20-25(27,28)29/h18-19H,3-17,20H2,1-2H3. The van der Waals surface area contributed by atoms with E-state index in [0.717, 1.165) is 31.4 Å². The first kappa shape index (κ1) is 27.3. The molecule has 2 nitrogen and oxygen atoms in total. The van der Waals surface area contributed by atoms with Crippen molar-refractivity contribution in [3.63, 3.8) is 0 Å². The van der Waals surface area contributed by atoms with Crippen molar-refractivity contribution in [2.45, 2.75) is 89.1 Å². The van der Waals surface area contributed by atoms with Crippen LogP contribution in [0.4, 0.5) is 23.2 Å². The molecule has 1 aliphatic heterocycles. The van der Waals surface area contributed by atoms with E-state index in [1.165, 1.54) is 70.3 Å². The lowest BCUT2D eigenvalue weighted by molar-refractivity contribution is -0.105. The number of aryl methyl sites for hydroxylation is 1. The number of hydrogen-bond donors (Lipinski definition) is 0. The molecule has 1 aliphatic rings. The van der Waals surface area contributed by atoms with Gasteiger partial charge in [0.2, 0.25) is 0 Å². The van der Waals surface area contributed by atoms with E-state index in [0.29, 0.717) is 29.2 Å². The van der Waals surface area contributed by atoms with Crippen LogP contribution < -0.4 is 4.90 Å². The second-order valence-corrected chi connectivity index (χ2v) is 10.0. The molecule has 2 rings (SSSR count). The Hall–Kier alpha value is -0.950. The summed E-state index contributed by atoms with van der Waals surface area (Å²) < 4.78 is 52.3. The van der Waals surface area contributed by atoms with Crippen molar-refractivity contribution in [3.05, 3.63) is 23.5 Å². The van der Waals surface area contributed by atoms with Gasteiger partial charge < -0.3 is 4.90 Å². The summed E-state index contributed by atoms with van der Waals surface area (Å²) in [6.45, 7) is 8.15. The smallest absolute Gasteiger partial charge is 0.367 e. The first-order valence-electron chi connectivity index (χ1n) is 12.3. The molecule has 1 fully saturated rings. The van der Waals surface area contributed by atoms with Crippen molar-refractivity contribution >= 4 is 17.4 Å². The van der Waals surface area contributed by atoms with Gasteiger partial charge in [-0.2, -0.15) is 13.2 Å². The third-order valence-corrected chi connectivity index (χ3v) is 7.40. The molecule has 0 aliphatic carbocycles. The number of alkyl halides is 3. The quantitative estimate of drug-likeness (QED) is 0.153. The zero-order valence-corrected chi connectivity index (χ0v) is 20.6. The van der Waals surface area contributed by atoms with E-state index < -0.39 is 11.9 Å². The highest BCUT2D eigenvalue weighted by molar-refractivity contribution is 7.99. The van der Waals surface area contributed by atoms with Gasteiger partial charge in [-0.3, -0.25) is 4.90 Å². The molecule has 0 atom stereocenters. The topological polar surface area (TPSA) is 6.48 Å². The molecule has 32 heavy (non-hydrogen) atoms. The Labute approximate surface area is 196 Å². The average Bonchev–Trinajstić information content (AvgIpc) is 2.74. The highest BCUT2D eigenvalue weighted by Gasteiger charge is 2.28. The van der Waals surface area contributed by atoms with Crippen LogP contribution in [0.2, 0.25) is 0 Å². The molecule has 0 amide bonds. The van der Waals surface area contributed by atoms with E-state index in [-0.39, 0.29) is 5.82 Å². The fourth-order valence-corrected chi connectivity index (χ4v) is 5.04. The number of rotatable bonds is 14. The van der Waals surface area contributed by atoms with Gasteiger partial charge in [-0.1, -0.05) is 64.7 Å². The van der Waals surface area contributed by atoms with Crippen LogP contribution in [0.1, 0.15) is 76.7 Å². The number of nitrogens with zero attached hydrogens (tertiary/aromatic N) is 2. The van der Waals surface area contributed by atoms with Crippen LogP contribution in [0.3, 0.4) is 0 Å². The van der Waals surface area contributed by atoms with Crippen LogP contribution in [-0.2, 0) is 0 Å². The molecule has 1 aromatic carbocycles. The average molecular weight is 477 g/mol. The maximum Gasteiger partial charge on any atom is 0.398 e. The Kier molecular flexibility index (Phi) is 12.2. The molecule has 0 saturated carbocycles. The van der Waals surface area contributed by atoms with Gasteiger partial charge in [0.1, 0.15) is 5.82 Å².